The van der Waals surface area contributed by atoms with Crippen molar-refractivity contribution in [1.29, 1.82) is 0 Å². The van der Waals surface area contributed by atoms with Crippen LogP contribution in [0.1, 0.15) is 31.4 Å². The molecule has 0 saturated heterocycles. The zero-order valence-electron chi connectivity index (χ0n) is 16.8. The van der Waals surface area contributed by atoms with Gasteiger partial charge in [0.1, 0.15) is 10.6 Å². The van der Waals surface area contributed by atoms with Crippen LogP contribution in [0.3, 0.4) is 0 Å². The molecule has 6 heteroatoms. The van der Waals surface area contributed by atoms with E-state index in [-0.39, 0.29) is 10.7 Å². The van der Waals surface area contributed by atoms with E-state index in [0.717, 1.165) is 29.2 Å². The minimum Gasteiger partial charge on any atom is -0.495 e. The number of methoxy groups -OCH3 is 1. The van der Waals surface area contributed by atoms with E-state index < -0.39 is 10.0 Å². The Labute approximate surface area is 171 Å². The highest BCUT2D eigenvalue weighted by Gasteiger charge is 2.27. The topological polar surface area (TPSA) is 67.8 Å². The van der Waals surface area contributed by atoms with E-state index in [0.29, 0.717) is 22.9 Å². The SMILES string of the molecule is COc1c(C2=NS(=O)(=O)c3ccccc3N2)cc(CCC(C)C)c2ccccc12. The van der Waals surface area contributed by atoms with Gasteiger partial charge in [-0.15, -0.1) is 4.40 Å². The van der Waals surface area contributed by atoms with Crippen molar-refractivity contribution in [3.8, 4) is 5.75 Å². The summed E-state index contributed by atoms with van der Waals surface area (Å²) in [6, 6.07) is 16.9. The van der Waals surface area contributed by atoms with Gasteiger partial charge in [-0.2, -0.15) is 8.42 Å². The molecular weight excluding hydrogens is 384 g/mol. The molecule has 3 aromatic rings. The van der Waals surface area contributed by atoms with Gasteiger partial charge in [-0.05, 0) is 47.9 Å². The summed E-state index contributed by atoms with van der Waals surface area (Å²) < 4.78 is 35.3. The lowest BCUT2D eigenvalue weighted by Crippen LogP contribution is -2.23. The molecule has 0 bridgehead atoms. The number of hydrogen-bond acceptors (Lipinski definition) is 4. The highest BCUT2D eigenvalue weighted by atomic mass is 32.2. The Balaban J connectivity index is 1.93. The smallest absolute Gasteiger partial charge is 0.286 e. The zero-order chi connectivity index (χ0) is 20.6. The standard InChI is InChI=1S/C23H24N2O3S/c1-15(2)12-13-16-14-19(22(28-3)18-9-5-4-8-17(16)18)23-24-20-10-6-7-11-21(20)29(26,27)25-23/h4-11,14-15H,12-13H2,1-3H3,(H,24,25). The second kappa shape index (κ2) is 7.52. The van der Waals surface area contributed by atoms with Crippen molar-refractivity contribution >= 4 is 32.3 Å². The normalized spacial score (nSPS) is 15.0. The Bertz CT molecular complexity index is 1210. The first-order valence-corrected chi connectivity index (χ1v) is 11.1. The van der Waals surface area contributed by atoms with Gasteiger partial charge in [0.15, 0.2) is 5.84 Å². The summed E-state index contributed by atoms with van der Waals surface area (Å²) >= 11 is 0. The molecule has 1 aliphatic heterocycles. The highest BCUT2D eigenvalue weighted by Crippen LogP contribution is 2.36. The number of nitrogens with zero attached hydrogens (tertiary/aromatic N) is 1. The summed E-state index contributed by atoms with van der Waals surface area (Å²) in [5.41, 5.74) is 2.34. The minimum absolute atomic E-state index is 0.184. The molecule has 0 saturated carbocycles. The average molecular weight is 409 g/mol. The Kier molecular flexibility index (Phi) is 5.04. The fourth-order valence-corrected chi connectivity index (χ4v) is 4.83. The maximum absolute atomic E-state index is 12.8. The van der Waals surface area contributed by atoms with Crippen LogP contribution in [-0.2, 0) is 16.4 Å². The Morgan fingerprint density at radius 1 is 1.03 bits per heavy atom. The highest BCUT2D eigenvalue weighted by molar-refractivity contribution is 7.90. The zero-order valence-corrected chi connectivity index (χ0v) is 17.6. The van der Waals surface area contributed by atoms with Gasteiger partial charge in [0.2, 0.25) is 0 Å². The van der Waals surface area contributed by atoms with Crippen LogP contribution >= 0.6 is 0 Å². The molecule has 5 nitrogen and oxygen atoms in total. The molecule has 29 heavy (non-hydrogen) atoms. The van der Waals surface area contributed by atoms with Crippen LogP contribution in [0.25, 0.3) is 10.8 Å². The third kappa shape index (κ3) is 3.60. The van der Waals surface area contributed by atoms with E-state index in [2.05, 4.69) is 29.6 Å². The first-order chi connectivity index (χ1) is 13.9. The van der Waals surface area contributed by atoms with E-state index in [1.165, 1.54) is 0 Å². The van der Waals surface area contributed by atoms with Crippen molar-refractivity contribution in [2.24, 2.45) is 10.3 Å². The summed E-state index contributed by atoms with van der Waals surface area (Å²) in [5.74, 6) is 1.48. The second-order valence-electron chi connectivity index (χ2n) is 7.63. The van der Waals surface area contributed by atoms with Crippen molar-refractivity contribution < 1.29 is 13.2 Å². The molecule has 0 amide bonds. The van der Waals surface area contributed by atoms with Crippen LogP contribution in [0.2, 0.25) is 0 Å². The number of para-hydroxylation sites is 1. The molecule has 1 heterocycles. The summed E-state index contributed by atoms with van der Waals surface area (Å²) in [5, 5.41) is 5.26. The molecule has 150 valence electrons. The molecule has 3 aromatic carbocycles. The van der Waals surface area contributed by atoms with Gasteiger partial charge in [0, 0.05) is 5.39 Å². The number of fused-ring (bicyclic) bond motifs is 2. The third-order valence-electron chi connectivity index (χ3n) is 5.16. The van der Waals surface area contributed by atoms with Crippen LogP contribution in [0, 0.1) is 5.92 Å². The Hall–Kier alpha value is -2.86. The molecule has 0 atom stereocenters. The largest absolute Gasteiger partial charge is 0.495 e. The lowest BCUT2D eigenvalue weighted by Gasteiger charge is -2.21. The number of sulfonamides is 1. The number of benzene rings is 3. The van der Waals surface area contributed by atoms with Crippen LogP contribution in [0.4, 0.5) is 5.69 Å². The number of rotatable bonds is 5. The van der Waals surface area contributed by atoms with Gasteiger partial charge in [0.05, 0.1) is 18.4 Å². The maximum atomic E-state index is 12.8. The molecule has 0 radical (unpaired) electrons. The van der Waals surface area contributed by atoms with Gasteiger partial charge in [-0.1, -0.05) is 50.2 Å². The monoisotopic (exact) mass is 408 g/mol. The van der Waals surface area contributed by atoms with Crippen molar-refractivity contribution in [3.05, 3.63) is 65.7 Å². The van der Waals surface area contributed by atoms with Crippen molar-refractivity contribution in [2.75, 3.05) is 12.4 Å². The van der Waals surface area contributed by atoms with E-state index in [1.54, 1.807) is 31.4 Å². The van der Waals surface area contributed by atoms with Gasteiger partial charge >= 0.3 is 0 Å². The van der Waals surface area contributed by atoms with E-state index in [4.69, 9.17) is 4.74 Å². The molecular formula is C23H24N2O3S. The molecule has 4 rings (SSSR count). The summed E-state index contributed by atoms with van der Waals surface area (Å²) in [6.07, 6.45) is 1.93. The van der Waals surface area contributed by atoms with Crippen LogP contribution in [0.5, 0.6) is 5.75 Å². The fraction of sp³-hybridized carbons (Fsp3) is 0.261. The summed E-state index contributed by atoms with van der Waals surface area (Å²) in [7, 11) is -2.18. The number of anilines is 1. The predicted octanol–water partition coefficient (Wildman–Crippen LogP) is 5.00. The molecule has 0 unspecified atom stereocenters. The van der Waals surface area contributed by atoms with Crippen LogP contribution in [0.15, 0.2) is 63.9 Å². The molecule has 0 spiro atoms. The number of aryl methyl sites for hydroxylation is 1. The number of amidine groups is 1. The van der Waals surface area contributed by atoms with Crippen molar-refractivity contribution in [2.45, 2.75) is 31.6 Å². The van der Waals surface area contributed by atoms with E-state index in [9.17, 15) is 8.42 Å². The third-order valence-corrected chi connectivity index (χ3v) is 6.50. The first-order valence-electron chi connectivity index (χ1n) is 9.70. The van der Waals surface area contributed by atoms with Gasteiger partial charge in [0.25, 0.3) is 10.0 Å². The fourth-order valence-electron chi connectivity index (χ4n) is 3.70. The lowest BCUT2D eigenvalue weighted by molar-refractivity contribution is 0.419. The predicted molar refractivity (Wildman–Crippen MR) is 117 cm³/mol. The summed E-state index contributed by atoms with van der Waals surface area (Å²) in [4.78, 5) is 0.184. The molecule has 1 N–H and O–H groups in total. The molecule has 0 aromatic heterocycles. The molecule has 0 aliphatic carbocycles. The van der Waals surface area contributed by atoms with Gasteiger partial charge in [-0.3, -0.25) is 0 Å². The number of nitrogens with one attached hydrogen (secondary N) is 1. The number of hydrogen-bond donors (Lipinski definition) is 1. The van der Waals surface area contributed by atoms with E-state index >= 15 is 0 Å². The maximum Gasteiger partial charge on any atom is 0.286 e. The molecule has 1 aliphatic rings. The second-order valence-corrected chi connectivity index (χ2v) is 9.20. The van der Waals surface area contributed by atoms with Gasteiger partial charge in [-0.25, -0.2) is 0 Å². The Morgan fingerprint density at radius 3 is 2.45 bits per heavy atom. The van der Waals surface area contributed by atoms with Gasteiger partial charge < -0.3 is 10.1 Å². The van der Waals surface area contributed by atoms with Crippen LogP contribution in [-0.4, -0.2) is 21.4 Å². The Morgan fingerprint density at radius 2 is 1.72 bits per heavy atom. The minimum atomic E-state index is -3.79. The van der Waals surface area contributed by atoms with Crippen LogP contribution < -0.4 is 10.1 Å². The lowest BCUT2D eigenvalue weighted by atomic mass is 9.94. The molecule has 0 fully saturated rings. The number of ether oxygens (including phenoxy) is 1. The summed E-state index contributed by atoms with van der Waals surface area (Å²) in [6.45, 7) is 4.39. The van der Waals surface area contributed by atoms with Crippen molar-refractivity contribution in [1.82, 2.24) is 0 Å². The first kappa shape index (κ1) is 19.5. The van der Waals surface area contributed by atoms with E-state index in [1.807, 2.05) is 24.3 Å². The quantitative estimate of drug-likeness (QED) is 0.645. The van der Waals surface area contributed by atoms with Crippen molar-refractivity contribution in [3.63, 3.8) is 0 Å². The average Bonchev–Trinajstić information content (AvgIpc) is 2.71.